The topological polar surface area (TPSA) is 26.0 Å². The first-order chi connectivity index (χ1) is 10.0. The fourth-order valence-electron chi connectivity index (χ4n) is 2.19. The van der Waals surface area contributed by atoms with Gasteiger partial charge in [0.1, 0.15) is 17.2 Å². The van der Waals surface area contributed by atoms with E-state index in [9.17, 15) is 8.78 Å². The Labute approximate surface area is 125 Å². The number of aromatic nitrogens is 1. The highest BCUT2D eigenvalue weighted by Crippen LogP contribution is 2.29. The molecule has 2 nitrogen and oxygen atoms in total. The maximum absolute atomic E-state index is 13.8. The second kappa shape index (κ2) is 5.45. The van der Waals surface area contributed by atoms with E-state index in [1.165, 1.54) is 6.07 Å². The van der Waals surface area contributed by atoms with Crippen molar-refractivity contribution in [2.75, 3.05) is 0 Å². The van der Waals surface area contributed by atoms with Crippen LogP contribution in [0.4, 0.5) is 8.78 Å². The molecule has 0 fully saturated rings. The van der Waals surface area contributed by atoms with Crippen molar-refractivity contribution in [3.05, 3.63) is 65.1 Å². The Hall–Kier alpha value is -1.94. The van der Waals surface area contributed by atoms with E-state index < -0.39 is 17.0 Å². The van der Waals surface area contributed by atoms with Crippen LogP contribution in [-0.2, 0) is 6.42 Å². The number of hydrogen-bond acceptors (Lipinski definition) is 2. The predicted octanol–water partition coefficient (Wildman–Crippen LogP) is 4.94. The summed E-state index contributed by atoms with van der Waals surface area (Å²) in [6.45, 7) is 1.57. The standard InChI is InChI=1S/C16H12ClF2NO/c1-9-6-10(13(19)8-12(9)18)11(17)7-16-20-14-4-2-3-5-15(14)21-16/h2-6,8,11H,7H2,1H3. The molecular weight excluding hydrogens is 296 g/mol. The molecule has 108 valence electrons. The first-order valence-corrected chi connectivity index (χ1v) is 6.92. The highest BCUT2D eigenvalue weighted by atomic mass is 35.5. The van der Waals surface area contributed by atoms with Crippen LogP contribution in [0.1, 0.15) is 22.4 Å². The van der Waals surface area contributed by atoms with Gasteiger partial charge in [0, 0.05) is 18.1 Å². The number of nitrogens with zero attached hydrogens (tertiary/aromatic N) is 1. The molecule has 0 aliphatic heterocycles. The van der Waals surface area contributed by atoms with Gasteiger partial charge in [0.2, 0.25) is 0 Å². The Bertz CT molecular complexity index is 767. The van der Waals surface area contributed by atoms with Gasteiger partial charge < -0.3 is 4.42 Å². The largest absolute Gasteiger partial charge is 0.441 e. The van der Waals surface area contributed by atoms with E-state index in [2.05, 4.69) is 4.98 Å². The summed E-state index contributed by atoms with van der Waals surface area (Å²) < 4.78 is 32.7. The molecule has 0 N–H and O–H groups in total. The van der Waals surface area contributed by atoms with Crippen molar-refractivity contribution >= 4 is 22.7 Å². The average Bonchev–Trinajstić information content (AvgIpc) is 2.84. The first-order valence-electron chi connectivity index (χ1n) is 6.48. The minimum Gasteiger partial charge on any atom is -0.441 e. The summed E-state index contributed by atoms with van der Waals surface area (Å²) in [5.74, 6) is -0.811. The zero-order valence-corrected chi connectivity index (χ0v) is 12.0. The van der Waals surface area contributed by atoms with Gasteiger partial charge in [0.15, 0.2) is 11.5 Å². The lowest BCUT2D eigenvalue weighted by Crippen LogP contribution is -2.01. The fraction of sp³-hybridized carbons (Fsp3) is 0.188. The molecule has 0 aliphatic rings. The normalized spacial score (nSPS) is 12.8. The van der Waals surface area contributed by atoms with Gasteiger partial charge in [-0.25, -0.2) is 13.8 Å². The molecule has 1 heterocycles. The van der Waals surface area contributed by atoms with Gasteiger partial charge in [-0.05, 0) is 30.7 Å². The summed E-state index contributed by atoms with van der Waals surface area (Å²) in [5.41, 5.74) is 1.99. The lowest BCUT2D eigenvalue weighted by Gasteiger charge is -2.10. The molecule has 0 saturated heterocycles. The molecule has 0 amide bonds. The summed E-state index contributed by atoms with van der Waals surface area (Å²) in [7, 11) is 0. The fourth-order valence-corrected chi connectivity index (χ4v) is 2.49. The monoisotopic (exact) mass is 307 g/mol. The molecule has 2 aromatic carbocycles. The van der Waals surface area contributed by atoms with Crippen molar-refractivity contribution in [1.29, 1.82) is 0 Å². The van der Waals surface area contributed by atoms with Crippen molar-refractivity contribution in [2.45, 2.75) is 18.7 Å². The van der Waals surface area contributed by atoms with Gasteiger partial charge in [0.05, 0.1) is 5.38 Å². The van der Waals surface area contributed by atoms with Gasteiger partial charge >= 0.3 is 0 Å². The number of aryl methyl sites for hydroxylation is 1. The number of oxazole rings is 1. The maximum atomic E-state index is 13.8. The molecular formula is C16H12ClF2NO. The van der Waals surface area contributed by atoms with Gasteiger partial charge in [-0.15, -0.1) is 11.6 Å². The highest BCUT2D eigenvalue weighted by Gasteiger charge is 2.18. The number of benzene rings is 2. The number of alkyl halides is 1. The van der Waals surface area contributed by atoms with Crippen LogP contribution in [0.5, 0.6) is 0 Å². The minimum absolute atomic E-state index is 0.234. The molecule has 1 atom stereocenters. The number of halogens is 3. The van der Waals surface area contributed by atoms with Crippen molar-refractivity contribution < 1.29 is 13.2 Å². The molecule has 0 radical (unpaired) electrons. The molecule has 21 heavy (non-hydrogen) atoms. The molecule has 1 aromatic heterocycles. The number of rotatable bonds is 3. The minimum atomic E-state index is -0.669. The lowest BCUT2D eigenvalue weighted by atomic mass is 10.1. The molecule has 3 rings (SSSR count). The maximum Gasteiger partial charge on any atom is 0.197 e. The van der Waals surface area contributed by atoms with E-state index in [1.54, 1.807) is 13.0 Å². The quantitative estimate of drug-likeness (QED) is 0.641. The Kier molecular flexibility index (Phi) is 3.64. The third kappa shape index (κ3) is 2.76. The molecule has 5 heteroatoms. The van der Waals surface area contributed by atoms with Crippen LogP contribution in [0.15, 0.2) is 40.8 Å². The van der Waals surface area contributed by atoms with Gasteiger partial charge in [-0.1, -0.05) is 12.1 Å². The van der Waals surface area contributed by atoms with Crippen molar-refractivity contribution in [3.63, 3.8) is 0 Å². The lowest BCUT2D eigenvalue weighted by molar-refractivity contribution is 0.517. The van der Waals surface area contributed by atoms with Crippen molar-refractivity contribution in [2.24, 2.45) is 0 Å². The van der Waals surface area contributed by atoms with E-state index in [0.717, 1.165) is 11.6 Å². The molecule has 3 aromatic rings. The molecule has 0 bridgehead atoms. The Balaban J connectivity index is 1.89. The zero-order valence-electron chi connectivity index (χ0n) is 11.2. The Morgan fingerprint density at radius 3 is 2.71 bits per heavy atom. The van der Waals surface area contributed by atoms with Crippen molar-refractivity contribution in [3.8, 4) is 0 Å². The molecule has 0 spiro atoms. The molecule has 1 unspecified atom stereocenters. The Morgan fingerprint density at radius 1 is 1.19 bits per heavy atom. The second-order valence-corrected chi connectivity index (χ2v) is 5.40. The van der Waals surface area contributed by atoms with E-state index in [0.29, 0.717) is 17.0 Å². The SMILES string of the molecule is Cc1cc(C(Cl)Cc2nc3ccccc3o2)c(F)cc1F. The van der Waals surface area contributed by atoms with E-state index in [-0.39, 0.29) is 12.0 Å². The van der Waals surface area contributed by atoms with Crippen LogP contribution in [0.25, 0.3) is 11.1 Å². The van der Waals surface area contributed by atoms with Crippen LogP contribution in [-0.4, -0.2) is 4.98 Å². The van der Waals surface area contributed by atoms with Crippen LogP contribution >= 0.6 is 11.6 Å². The van der Waals surface area contributed by atoms with Crippen LogP contribution < -0.4 is 0 Å². The Morgan fingerprint density at radius 2 is 1.95 bits per heavy atom. The van der Waals surface area contributed by atoms with E-state index in [1.807, 2.05) is 18.2 Å². The third-order valence-electron chi connectivity index (χ3n) is 3.31. The van der Waals surface area contributed by atoms with Crippen LogP contribution in [0.2, 0.25) is 0 Å². The highest BCUT2D eigenvalue weighted by molar-refractivity contribution is 6.20. The van der Waals surface area contributed by atoms with Crippen LogP contribution in [0, 0.1) is 18.6 Å². The summed E-state index contributed by atoms with van der Waals surface area (Å²) in [5, 5.41) is -0.669. The third-order valence-corrected chi connectivity index (χ3v) is 3.70. The average molecular weight is 308 g/mol. The summed E-state index contributed by atoms with van der Waals surface area (Å²) >= 11 is 6.24. The molecule has 0 aliphatic carbocycles. The first kappa shape index (κ1) is 14.0. The summed E-state index contributed by atoms with van der Waals surface area (Å²) in [6, 6.07) is 9.61. The van der Waals surface area contributed by atoms with Crippen LogP contribution in [0.3, 0.4) is 0 Å². The summed E-state index contributed by atoms with van der Waals surface area (Å²) in [4.78, 5) is 4.30. The number of para-hydroxylation sites is 2. The number of hydrogen-bond donors (Lipinski definition) is 0. The van der Waals surface area contributed by atoms with Gasteiger partial charge in [-0.3, -0.25) is 0 Å². The van der Waals surface area contributed by atoms with Crippen molar-refractivity contribution in [1.82, 2.24) is 4.98 Å². The van der Waals surface area contributed by atoms with E-state index in [4.69, 9.17) is 16.0 Å². The zero-order chi connectivity index (χ0) is 15.0. The van der Waals surface area contributed by atoms with Gasteiger partial charge in [0.25, 0.3) is 0 Å². The number of fused-ring (bicyclic) bond motifs is 1. The summed E-state index contributed by atoms with van der Waals surface area (Å²) in [6.07, 6.45) is 0.234. The second-order valence-electron chi connectivity index (χ2n) is 4.87. The molecule has 0 saturated carbocycles. The van der Waals surface area contributed by atoms with E-state index >= 15 is 0 Å². The van der Waals surface area contributed by atoms with Gasteiger partial charge in [-0.2, -0.15) is 0 Å². The predicted molar refractivity (Wildman–Crippen MR) is 77.4 cm³/mol. The smallest absolute Gasteiger partial charge is 0.197 e.